The van der Waals surface area contributed by atoms with Crippen LogP contribution in [0.3, 0.4) is 0 Å². The summed E-state index contributed by atoms with van der Waals surface area (Å²) in [4.78, 5) is 20.0. The van der Waals surface area contributed by atoms with E-state index in [1.807, 2.05) is 18.2 Å². The van der Waals surface area contributed by atoms with E-state index >= 15 is 0 Å². The Labute approximate surface area is 115 Å². The largest absolute Gasteiger partial charge is 0.462 e. The Balaban J connectivity index is 2.15. The molecule has 6 nitrogen and oxygen atoms in total. The van der Waals surface area contributed by atoms with E-state index in [-0.39, 0.29) is 0 Å². The molecule has 3 aromatic rings. The molecule has 0 N–H and O–H groups in total. The molecule has 0 aromatic carbocycles. The monoisotopic (exact) mass is 268 g/mol. The second-order valence-corrected chi connectivity index (χ2v) is 4.08. The summed E-state index contributed by atoms with van der Waals surface area (Å²) in [5, 5.41) is 4.23. The fourth-order valence-corrected chi connectivity index (χ4v) is 1.99. The van der Waals surface area contributed by atoms with Crippen molar-refractivity contribution in [3.8, 4) is 11.3 Å². The second kappa shape index (κ2) is 5.08. The van der Waals surface area contributed by atoms with Crippen LogP contribution in [0.4, 0.5) is 0 Å². The zero-order valence-corrected chi connectivity index (χ0v) is 10.9. The number of nitrogens with zero attached hydrogens (tertiary/aromatic N) is 4. The molecule has 3 aromatic heterocycles. The summed E-state index contributed by atoms with van der Waals surface area (Å²) in [6, 6.07) is 5.59. The lowest BCUT2D eigenvalue weighted by Gasteiger charge is -2.04. The van der Waals surface area contributed by atoms with Gasteiger partial charge >= 0.3 is 5.97 Å². The molecule has 3 heterocycles. The zero-order valence-electron chi connectivity index (χ0n) is 10.9. The average Bonchev–Trinajstić information content (AvgIpc) is 2.92. The Bertz CT molecular complexity index is 752. The summed E-state index contributed by atoms with van der Waals surface area (Å²) < 4.78 is 6.62. The van der Waals surface area contributed by atoms with E-state index < -0.39 is 5.97 Å². The first-order valence-corrected chi connectivity index (χ1v) is 6.21. The maximum atomic E-state index is 11.8. The van der Waals surface area contributed by atoms with Crippen molar-refractivity contribution in [3.05, 3.63) is 48.5 Å². The van der Waals surface area contributed by atoms with Crippen LogP contribution in [0.1, 0.15) is 17.3 Å². The number of esters is 1. The molecular formula is C14H12N4O2. The van der Waals surface area contributed by atoms with Crippen LogP contribution in [-0.2, 0) is 4.74 Å². The molecule has 3 rings (SSSR count). The fraction of sp³-hybridized carbons (Fsp3) is 0.143. The van der Waals surface area contributed by atoms with Crippen LogP contribution in [0.2, 0.25) is 0 Å². The van der Waals surface area contributed by atoms with Crippen LogP contribution in [0, 0.1) is 0 Å². The molecule has 0 atom stereocenters. The van der Waals surface area contributed by atoms with Crippen molar-refractivity contribution in [1.82, 2.24) is 19.6 Å². The van der Waals surface area contributed by atoms with Gasteiger partial charge in [-0.2, -0.15) is 5.10 Å². The number of rotatable bonds is 3. The highest BCUT2D eigenvalue weighted by Gasteiger charge is 2.16. The minimum Gasteiger partial charge on any atom is -0.462 e. The summed E-state index contributed by atoms with van der Waals surface area (Å²) in [6.45, 7) is 2.08. The number of hydrogen-bond acceptors (Lipinski definition) is 5. The van der Waals surface area contributed by atoms with Gasteiger partial charge in [-0.25, -0.2) is 14.3 Å². The smallest absolute Gasteiger partial charge is 0.343 e. The van der Waals surface area contributed by atoms with E-state index in [2.05, 4.69) is 15.1 Å². The number of hydrogen-bond donors (Lipinski definition) is 0. The lowest BCUT2D eigenvalue weighted by atomic mass is 10.2. The van der Waals surface area contributed by atoms with Crippen molar-refractivity contribution < 1.29 is 9.53 Å². The van der Waals surface area contributed by atoms with Gasteiger partial charge in [-0.3, -0.25) is 4.98 Å². The number of ether oxygens (including phenoxy) is 1. The van der Waals surface area contributed by atoms with E-state index in [0.717, 1.165) is 11.3 Å². The normalized spacial score (nSPS) is 10.7. The summed E-state index contributed by atoms with van der Waals surface area (Å²) >= 11 is 0. The Kier molecular flexibility index (Phi) is 3.12. The van der Waals surface area contributed by atoms with Crippen molar-refractivity contribution in [3.63, 3.8) is 0 Å². The molecule has 0 spiro atoms. The first kappa shape index (κ1) is 12.3. The van der Waals surface area contributed by atoms with Crippen LogP contribution in [-0.4, -0.2) is 32.2 Å². The molecule has 0 unspecified atom stereocenters. The van der Waals surface area contributed by atoms with Crippen LogP contribution in [0.25, 0.3) is 16.9 Å². The maximum absolute atomic E-state index is 11.8. The topological polar surface area (TPSA) is 69.4 Å². The number of aromatic nitrogens is 4. The lowest BCUT2D eigenvalue weighted by molar-refractivity contribution is 0.0528. The molecule has 20 heavy (non-hydrogen) atoms. The third-order valence-electron chi connectivity index (χ3n) is 2.87. The number of carbonyl (C=O) groups is 1. The molecule has 0 bridgehead atoms. The molecule has 0 aliphatic rings. The molecule has 100 valence electrons. The lowest BCUT2D eigenvalue weighted by Crippen LogP contribution is -2.05. The van der Waals surface area contributed by atoms with Gasteiger partial charge in [0.1, 0.15) is 5.56 Å². The Morgan fingerprint density at radius 1 is 1.25 bits per heavy atom. The van der Waals surface area contributed by atoms with Crippen LogP contribution in [0.15, 0.2) is 43.0 Å². The van der Waals surface area contributed by atoms with Gasteiger partial charge in [0.15, 0.2) is 5.65 Å². The second-order valence-electron chi connectivity index (χ2n) is 4.08. The molecule has 0 radical (unpaired) electrons. The van der Waals surface area contributed by atoms with Gasteiger partial charge in [-0.05, 0) is 25.1 Å². The SMILES string of the molecule is CCOC(=O)c1cnn2c(-c3ccncc3)ccnc12. The predicted molar refractivity (Wildman–Crippen MR) is 72.2 cm³/mol. The van der Waals surface area contributed by atoms with Crippen molar-refractivity contribution in [2.24, 2.45) is 0 Å². The van der Waals surface area contributed by atoms with Gasteiger partial charge in [-0.1, -0.05) is 0 Å². The predicted octanol–water partition coefficient (Wildman–Crippen LogP) is 1.97. The van der Waals surface area contributed by atoms with Gasteiger partial charge in [0.05, 0.1) is 18.5 Å². The number of fused-ring (bicyclic) bond motifs is 1. The van der Waals surface area contributed by atoms with Gasteiger partial charge < -0.3 is 4.74 Å². The van der Waals surface area contributed by atoms with Crippen LogP contribution >= 0.6 is 0 Å². The van der Waals surface area contributed by atoms with Gasteiger partial charge in [-0.15, -0.1) is 0 Å². The van der Waals surface area contributed by atoms with E-state index in [1.54, 1.807) is 30.0 Å². The van der Waals surface area contributed by atoms with Crippen LogP contribution < -0.4 is 0 Å². The van der Waals surface area contributed by atoms with Crippen molar-refractivity contribution in [2.75, 3.05) is 6.61 Å². The fourth-order valence-electron chi connectivity index (χ4n) is 1.99. The zero-order chi connectivity index (χ0) is 13.9. The highest BCUT2D eigenvalue weighted by Crippen LogP contribution is 2.20. The summed E-state index contributed by atoms with van der Waals surface area (Å²) in [5.41, 5.74) is 2.64. The third kappa shape index (κ3) is 2.01. The molecule has 0 amide bonds. The summed E-state index contributed by atoms with van der Waals surface area (Å²) in [6.07, 6.45) is 6.54. The van der Waals surface area contributed by atoms with Crippen LogP contribution in [0.5, 0.6) is 0 Å². The first-order chi connectivity index (χ1) is 9.81. The van der Waals surface area contributed by atoms with E-state index in [9.17, 15) is 4.79 Å². The molecule has 0 fully saturated rings. The van der Waals surface area contributed by atoms with Crippen molar-refractivity contribution in [1.29, 1.82) is 0 Å². The summed E-state index contributed by atoms with van der Waals surface area (Å²) in [7, 11) is 0. The quantitative estimate of drug-likeness (QED) is 0.679. The van der Waals surface area contributed by atoms with Gasteiger partial charge in [0.2, 0.25) is 0 Å². The van der Waals surface area contributed by atoms with E-state index in [0.29, 0.717) is 17.8 Å². The van der Waals surface area contributed by atoms with Gasteiger partial charge in [0.25, 0.3) is 0 Å². The molecule has 6 heteroatoms. The highest BCUT2D eigenvalue weighted by molar-refractivity contribution is 5.95. The van der Waals surface area contributed by atoms with E-state index in [4.69, 9.17) is 4.74 Å². The molecular weight excluding hydrogens is 256 g/mol. The van der Waals surface area contributed by atoms with Gasteiger partial charge in [0, 0.05) is 24.2 Å². The minimum absolute atomic E-state index is 0.320. The standard InChI is InChI=1S/C14H12N4O2/c1-2-20-14(19)11-9-17-18-12(5-8-16-13(11)18)10-3-6-15-7-4-10/h3-9H,2H2,1H3. The van der Waals surface area contributed by atoms with E-state index in [1.165, 1.54) is 6.20 Å². The maximum Gasteiger partial charge on any atom is 0.343 e. The highest BCUT2D eigenvalue weighted by atomic mass is 16.5. The third-order valence-corrected chi connectivity index (χ3v) is 2.87. The molecule has 0 aliphatic heterocycles. The summed E-state index contributed by atoms with van der Waals surface area (Å²) in [5.74, 6) is -0.415. The molecule has 0 saturated heterocycles. The van der Waals surface area contributed by atoms with Crippen molar-refractivity contribution >= 4 is 11.6 Å². The molecule has 0 aliphatic carbocycles. The Morgan fingerprint density at radius 2 is 2.05 bits per heavy atom. The number of carbonyl (C=O) groups excluding carboxylic acids is 1. The minimum atomic E-state index is -0.415. The Morgan fingerprint density at radius 3 is 2.80 bits per heavy atom. The first-order valence-electron chi connectivity index (χ1n) is 6.21. The van der Waals surface area contributed by atoms with Crippen molar-refractivity contribution in [2.45, 2.75) is 6.92 Å². The Hall–Kier alpha value is -2.76. The molecule has 0 saturated carbocycles. The number of pyridine rings is 1. The average molecular weight is 268 g/mol.